The maximum Gasteiger partial charge on any atom is 0.340 e. The van der Waals surface area contributed by atoms with Crippen LogP contribution in [0.15, 0.2) is 40.6 Å². The van der Waals surface area contributed by atoms with Crippen molar-refractivity contribution in [3.05, 3.63) is 51.7 Å². The number of hydrogen-bond donors (Lipinski definition) is 1. The van der Waals surface area contributed by atoms with E-state index in [1.54, 1.807) is 23.5 Å². The maximum absolute atomic E-state index is 12.7. The summed E-state index contributed by atoms with van der Waals surface area (Å²) < 4.78 is 30.7. The third kappa shape index (κ3) is 3.06. The second-order valence-electron chi connectivity index (χ2n) is 6.18. The van der Waals surface area contributed by atoms with Gasteiger partial charge in [0.2, 0.25) is 11.8 Å². The van der Waals surface area contributed by atoms with Crippen molar-refractivity contribution in [3.63, 3.8) is 0 Å². The van der Waals surface area contributed by atoms with Gasteiger partial charge in [0, 0.05) is 16.0 Å². The van der Waals surface area contributed by atoms with Crippen LogP contribution >= 0.6 is 11.3 Å². The fourth-order valence-corrected chi connectivity index (χ4v) is 4.86. The van der Waals surface area contributed by atoms with E-state index < -0.39 is 10.1 Å². The number of fused-ring (bicyclic) bond motifs is 3. The SMILES string of the molecule is Cc1ccc(S(=O)(=O)Oc2nc(N)nc3c2CCCc2sccc2-3)cc1. The molecule has 2 N–H and O–H groups in total. The molecule has 0 radical (unpaired) electrons. The highest BCUT2D eigenvalue weighted by Gasteiger charge is 2.26. The number of nitrogens with zero attached hydrogens (tertiary/aromatic N) is 2. The molecule has 2 aromatic heterocycles. The summed E-state index contributed by atoms with van der Waals surface area (Å²) >= 11 is 1.67. The average molecular weight is 387 g/mol. The average Bonchev–Trinajstić information content (AvgIpc) is 2.98. The Hall–Kier alpha value is -2.45. The topological polar surface area (TPSA) is 95.2 Å². The van der Waals surface area contributed by atoms with E-state index in [-0.39, 0.29) is 16.7 Å². The molecule has 134 valence electrons. The van der Waals surface area contributed by atoms with Crippen molar-refractivity contribution in [1.29, 1.82) is 0 Å². The van der Waals surface area contributed by atoms with Gasteiger partial charge in [0.25, 0.3) is 0 Å². The zero-order valence-electron chi connectivity index (χ0n) is 14.1. The van der Waals surface area contributed by atoms with Gasteiger partial charge in [0.1, 0.15) is 4.90 Å². The van der Waals surface area contributed by atoms with Crippen molar-refractivity contribution in [2.75, 3.05) is 5.73 Å². The summed E-state index contributed by atoms with van der Waals surface area (Å²) in [6, 6.07) is 8.47. The molecule has 0 fully saturated rings. The third-order valence-electron chi connectivity index (χ3n) is 4.32. The largest absolute Gasteiger partial charge is 0.368 e. The van der Waals surface area contributed by atoms with Gasteiger partial charge in [-0.1, -0.05) is 17.7 Å². The van der Waals surface area contributed by atoms with Crippen LogP contribution in [-0.2, 0) is 23.0 Å². The van der Waals surface area contributed by atoms with E-state index in [9.17, 15) is 8.42 Å². The van der Waals surface area contributed by atoms with Crippen LogP contribution in [0.25, 0.3) is 11.3 Å². The number of nitrogen functional groups attached to an aromatic ring is 1. The number of thiophene rings is 1. The monoisotopic (exact) mass is 387 g/mol. The molecule has 26 heavy (non-hydrogen) atoms. The van der Waals surface area contributed by atoms with Crippen molar-refractivity contribution in [2.45, 2.75) is 31.1 Å². The lowest BCUT2D eigenvalue weighted by atomic mass is 10.1. The lowest BCUT2D eigenvalue weighted by molar-refractivity contribution is 0.472. The minimum atomic E-state index is -4.00. The van der Waals surface area contributed by atoms with Gasteiger partial charge in [-0.05, 0) is 49.8 Å². The number of hydrogen-bond acceptors (Lipinski definition) is 7. The highest BCUT2D eigenvalue weighted by molar-refractivity contribution is 7.87. The summed E-state index contributed by atoms with van der Waals surface area (Å²) in [5, 5.41) is 2.00. The number of aromatic nitrogens is 2. The van der Waals surface area contributed by atoms with Crippen LogP contribution in [0.1, 0.15) is 22.4 Å². The molecule has 8 heteroatoms. The summed E-state index contributed by atoms with van der Waals surface area (Å²) in [6.45, 7) is 1.89. The summed E-state index contributed by atoms with van der Waals surface area (Å²) in [6.07, 6.45) is 2.41. The van der Waals surface area contributed by atoms with Crippen molar-refractivity contribution < 1.29 is 12.6 Å². The van der Waals surface area contributed by atoms with Crippen LogP contribution in [0.5, 0.6) is 5.88 Å². The number of benzene rings is 1. The van der Waals surface area contributed by atoms with E-state index in [2.05, 4.69) is 9.97 Å². The van der Waals surface area contributed by atoms with Crippen LogP contribution in [0, 0.1) is 6.92 Å². The van der Waals surface area contributed by atoms with Crippen molar-refractivity contribution in [1.82, 2.24) is 9.97 Å². The first-order valence-electron chi connectivity index (χ1n) is 8.18. The molecule has 0 unspecified atom stereocenters. The van der Waals surface area contributed by atoms with Gasteiger partial charge in [-0.15, -0.1) is 11.3 Å². The molecule has 0 saturated carbocycles. The van der Waals surface area contributed by atoms with E-state index in [4.69, 9.17) is 9.92 Å². The summed E-state index contributed by atoms with van der Waals surface area (Å²) in [5.41, 5.74) is 9.14. The van der Waals surface area contributed by atoms with Gasteiger partial charge < -0.3 is 9.92 Å². The number of aryl methyl sites for hydroxylation is 2. The van der Waals surface area contributed by atoms with E-state index in [1.807, 2.05) is 18.4 Å². The van der Waals surface area contributed by atoms with Crippen LogP contribution in [0.3, 0.4) is 0 Å². The normalized spacial score (nSPS) is 13.6. The third-order valence-corrected chi connectivity index (χ3v) is 6.52. The van der Waals surface area contributed by atoms with E-state index in [0.29, 0.717) is 17.7 Å². The first-order valence-corrected chi connectivity index (χ1v) is 10.5. The summed E-state index contributed by atoms with van der Waals surface area (Å²) in [5.74, 6) is 0.0176. The molecule has 1 aliphatic carbocycles. The first kappa shape index (κ1) is 17.0. The highest BCUT2D eigenvalue weighted by Crippen LogP contribution is 2.38. The molecule has 0 spiro atoms. The minimum Gasteiger partial charge on any atom is -0.368 e. The smallest absolute Gasteiger partial charge is 0.340 e. The molecule has 3 aromatic rings. The molecule has 2 heterocycles. The van der Waals surface area contributed by atoms with Gasteiger partial charge in [-0.3, -0.25) is 0 Å². The second-order valence-corrected chi connectivity index (χ2v) is 8.72. The molecule has 0 amide bonds. The first-order chi connectivity index (χ1) is 12.4. The van der Waals surface area contributed by atoms with Crippen molar-refractivity contribution in [2.24, 2.45) is 0 Å². The van der Waals surface area contributed by atoms with E-state index in [0.717, 1.165) is 24.0 Å². The Kier molecular flexibility index (Phi) is 4.16. The Labute approximate surface area is 155 Å². The Bertz CT molecular complexity index is 1070. The van der Waals surface area contributed by atoms with Crippen molar-refractivity contribution in [3.8, 4) is 17.1 Å². The Balaban J connectivity index is 1.80. The van der Waals surface area contributed by atoms with Gasteiger partial charge in [0.15, 0.2) is 0 Å². The van der Waals surface area contributed by atoms with Crippen LogP contribution in [-0.4, -0.2) is 18.4 Å². The quantitative estimate of drug-likeness (QED) is 0.693. The number of nitrogens with two attached hydrogens (primary N) is 1. The standard InChI is InChI=1S/C18H17N3O3S2/c1-11-5-7-12(8-6-11)26(22,23)24-17-14-3-2-4-15-13(9-10-25-15)16(14)20-18(19)21-17/h5-10H,2-4H2,1H3,(H2,19,20,21). The summed E-state index contributed by atoms with van der Waals surface area (Å²) in [4.78, 5) is 9.74. The second kappa shape index (κ2) is 6.37. The maximum atomic E-state index is 12.7. The Morgan fingerprint density at radius 1 is 1.12 bits per heavy atom. The lowest BCUT2D eigenvalue weighted by Gasteiger charge is -2.13. The van der Waals surface area contributed by atoms with Crippen LogP contribution < -0.4 is 9.92 Å². The number of rotatable bonds is 3. The molecule has 4 rings (SSSR count). The van der Waals surface area contributed by atoms with E-state index in [1.165, 1.54) is 17.0 Å². The van der Waals surface area contributed by atoms with Gasteiger partial charge in [-0.25, -0.2) is 4.98 Å². The zero-order valence-corrected chi connectivity index (χ0v) is 15.7. The molecule has 1 aliphatic rings. The molecule has 0 saturated heterocycles. The molecule has 0 aliphatic heterocycles. The Morgan fingerprint density at radius 3 is 2.65 bits per heavy atom. The molecule has 6 nitrogen and oxygen atoms in total. The lowest BCUT2D eigenvalue weighted by Crippen LogP contribution is -2.14. The molecule has 1 aromatic carbocycles. The fourth-order valence-electron chi connectivity index (χ4n) is 3.02. The van der Waals surface area contributed by atoms with Gasteiger partial charge in [0.05, 0.1) is 5.69 Å². The predicted octanol–water partition coefficient (Wildman–Crippen LogP) is 3.35. The molecular weight excluding hydrogens is 370 g/mol. The van der Waals surface area contributed by atoms with Gasteiger partial charge in [-0.2, -0.15) is 13.4 Å². The molecular formula is C18H17N3O3S2. The molecule has 0 bridgehead atoms. The minimum absolute atomic E-state index is 0.00286. The van der Waals surface area contributed by atoms with Crippen LogP contribution in [0.2, 0.25) is 0 Å². The zero-order chi connectivity index (χ0) is 18.3. The summed E-state index contributed by atoms with van der Waals surface area (Å²) in [7, 11) is -4.00. The fraction of sp³-hybridized carbons (Fsp3) is 0.222. The number of anilines is 1. The molecule has 0 atom stereocenters. The Morgan fingerprint density at radius 2 is 1.88 bits per heavy atom. The van der Waals surface area contributed by atoms with Gasteiger partial charge >= 0.3 is 10.1 Å². The van der Waals surface area contributed by atoms with E-state index >= 15 is 0 Å². The predicted molar refractivity (Wildman–Crippen MR) is 101 cm³/mol. The highest BCUT2D eigenvalue weighted by atomic mass is 32.2. The van der Waals surface area contributed by atoms with Crippen LogP contribution in [0.4, 0.5) is 5.95 Å². The van der Waals surface area contributed by atoms with Crippen molar-refractivity contribution >= 4 is 27.4 Å².